The molecule has 0 bridgehead atoms. The van der Waals surface area contributed by atoms with E-state index in [0.29, 0.717) is 17.9 Å². The topological polar surface area (TPSA) is 86.2 Å². The number of allylic oxidation sites excluding steroid dienone is 4. The second-order valence-electron chi connectivity index (χ2n) is 6.96. The van der Waals surface area contributed by atoms with E-state index in [0.717, 1.165) is 28.1 Å². The van der Waals surface area contributed by atoms with Crippen LogP contribution in [0.2, 0.25) is 0 Å². The zero-order valence-corrected chi connectivity index (χ0v) is 15.3. The molecule has 1 aliphatic heterocycles. The lowest BCUT2D eigenvalue weighted by molar-refractivity contribution is 0.582. The molecule has 7 heteroatoms. The lowest BCUT2D eigenvalue weighted by Crippen LogP contribution is -2.27. The molecule has 1 atom stereocenters. The molecule has 1 aliphatic carbocycles. The predicted molar refractivity (Wildman–Crippen MR) is 109 cm³/mol. The molecule has 5 rings (SSSR count). The maximum absolute atomic E-state index is 13.3. The van der Waals surface area contributed by atoms with E-state index >= 15 is 0 Å². The van der Waals surface area contributed by atoms with Crippen molar-refractivity contribution in [3.05, 3.63) is 99.8 Å². The Bertz CT molecular complexity index is 1250. The number of fused-ring (bicyclic) bond motifs is 3. The summed E-state index contributed by atoms with van der Waals surface area (Å²) in [6.45, 7) is 0. The Kier molecular flexibility index (Phi) is 3.94. The minimum atomic E-state index is -0.590. The van der Waals surface area contributed by atoms with E-state index in [2.05, 4.69) is 15.0 Å². The summed E-state index contributed by atoms with van der Waals surface area (Å²) in [6, 6.07) is 9.77. The molecule has 0 saturated heterocycles. The monoisotopic (exact) mass is 385 g/mol. The number of aromatic nitrogens is 3. The minimum absolute atomic E-state index is 0.119. The zero-order chi connectivity index (χ0) is 20.0. The van der Waals surface area contributed by atoms with Crippen LogP contribution in [-0.4, -0.2) is 20.7 Å². The molecular formula is C22H16FN5O. The number of nitrogens with two attached hydrogens (primary N) is 1. The zero-order valence-electron chi connectivity index (χ0n) is 15.3. The molecule has 0 aromatic carbocycles. The van der Waals surface area contributed by atoms with Crippen molar-refractivity contribution in [1.82, 2.24) is 14.5 Å². The number of pyridine rings is 3. The van der Waals surface area contributed by atoms with Crippen LogP contribution < -0.4 is 11.3 Å². The van der Waals surface area contributed by atoms with E-state index in [1.807, 2.05) is 18.2 Å². The Balaban J connectivity index is 1.65. The van der Waals surface area contributed by atoms with Gasteiger partial charge in [-0.15, -0.1) is 0 Å². The van der Waals surface area contributed by atoms with Gasteiger partial charge in [0.15, 0.2) is 0 Å². The Morgan fingerprint density at radius 2 is 1.93 bits per heavy atom. The normalized spacial score (nSPS) is 17.2. The summed E-state index contributed by atoms with van der Waals surface area (Å²) in [7, 11) is 0. The second kappa shape index (κ2) is 6.63. The van der Waals surface area contributed by atoms with Gasteiger partial charge in [0, 0.05) is 41.4 Å². The summed E-state index contributed by atoms with van der Waals surface area (Å²) in [6.07, 6.45) is 9.51. The van der Waals surface area contributed by atoms with E-state index in [1.165, 1.54) is 18.3 Å². The highest BCUT2D eigenvalue weighted by Gasteiger charge is 2.30. The van der Waals surface area contributed by atoms with Gasteiger partial charge >= 0.3 is 0 Å². The number of rotatable bonds is 2. The molecule has 0 saturated carbocycles. The Labute approximate surface area is 165 Å². The van der Waals surface area contributed by atoms with Gasteiger partial charge in [-0.25, -0.2) is 9.97 Å². The molecular weight excluding hydrogens is 369 g/mol. The fraction of sp³-hybridized carbons (Fsp3) is 0.0909. The van der Waals surface area contributed by atoms with Crippen molar-refractivity contribution in [1.29, 1.82) is 0 Å². The SMILES string of the molecule is Nc1ccc(C2=CC=C3N=Cc4ccc(=O)n(-c5ccc(F)nc5)c4C3C2)cn1. The molecule has 2 N–H and O–H groups in total. The number of nitrogens with zero attached hydrogens (tertiary/aromatic N) is 4. The number of hydrogen-bond donors (Lipinski definition) is 1. The number of aliphatic imine (C=N–C) groups is 1. The predicted octanol–water partition coefficient (Wildman–Crippen LogP) is 3.24. The highest BCUT2D eigenvalue weighted by Crippen LogP contribution is 2.41. The van der Waals surface area contributed by atoms with Crippen LogP contribution in [0.1, 0.15) is 29.2 Å². The molecule has 3 aromatic heterocycles. The fourth-order valence-corrected chi connectivity index (χ4v) is 3.82. The third-order valence-electron chi connectivity index (χ3n) is 5.21. The lowest BCUT2D eigenvalue weighted by Gasteiger charge is -2.29. The highest BCUT2D eigenvalue weighted by atomic mass is 19.1. The fourth-order valence-electron chi connectivity index (χ4n) is 3.82. The van der Waals surface area contributed by atoms with Crippen LogP contribution in [0, 0.1) is 5.95 Å². The van der Waals surface area contributed by atoms with Crippen molar-refractivity contribution >= 4 is 17.6 Å². The Morgan fingerprint density at radius 1 is 1.03 bits per heavy atom. The second-order valence-corrected chi connectivity index (χ2v) is 6.96. The number of nitrogen functional groups attached to an aromatic ring is 1. The third kappa shape index (κ3) is 2.97. The van der Waals surface area contributed by atoms with Crippen LogP contribution in [0.4, 0.5) is 10.2 Å². The molecule has 1 unspecified atom stereocenters. The van der Waals surface area contributed by atoms with Gasteiger partial charge < -0.3 is 5.73 Å². The third-order valence-corrected chi connectivity index (χ3v) is 5.21. The van der Waals surface area contributed by atoms with Crippen molar-refractivity contribution in [3.63, 3.8) is 0 Å². The van der Waals surface area contributed by atoms with Gasteiger partial charge in [-0.05, 0) is 54.0 Å². The van der Waals surface area contributed by atoms with Crippen LogP contribution in [0.3, 0.4) is 0 Å². The van der Waals surface area contributed by atoms with Crippen LogP contribution in [0.5, 0.6) is 0 Å². The van der Waals surface area contributed by atoms with E-state index in [-0.39, 0.29) is 11.5 Å². The van der Waals surface area contributed by atoms with Gasteiger partial charge in [0.05, 0.1) is 11.9 Å². The van der Waals surface area contributed by atoms with Gasteiger partial charge in [-0.1, -0.05) is 6.08 Å². The summed E-state index contributed by atoms with van der Waals surface area (Å²) < 4.78 is 14.9. The molecule has 0 radical (unpaired) electrons. The first-order valence-electron chi connectivity index (χ1n) is 9.15. The number of anilines is 1. The van der Waals surface area contributed by atoms with Crippen LogP contribution in [0.25, 0.3) is 11.3 Å². The Morgan fingerprint density at radius 3 is 2.69 bits per heavy atom. The van der Waals surface area contributed by atoms with Gasteiger partial charge in [-0.3, -0.25) is 14.4 Å². The highest BCUT2D eigenvalue weighted by molar-refractivity contribution is 5.86. The smallest absolute Gasteiger partial charge is 0.255 e. The van der Waals surface area contributed by atoms with Gasteiger partial charge in [0.2, 0.25) is 5.95 Å². The molecule has 3 aromatic rings. The molecule has 0 fully saturated rings. The summed E-state index contributed by atoms with van der Waals surface area (Å²) in [5, 5.41) is 0. The summed E-state index contributed by atoms with van der Waals surface area (Å²) in [5.41, 5.74) is 10.6. The molecule has 142 valence electrons. The summed E-state index contributed by atoms with van der Waals surface area (Å²) >= 11 is 0. The van der Waals surface area contributed by atoms with E-state index < -0.39 is 5.95 Å². The summed E-state index contributed by atoms with van der Waals surface area (Å²) in [4.78, 5) is 25.2. The molecule has 6 nitrogen and oxygen atoms in total. The van der Waals surface area contributed by atoms with Gasteiger partial charge in [-0.2, -0.15) is 4.39 Å². The quantitative estimate of drug-likeness (QED) is 0.686. The van der Waals surface area contributed by atoms with Crippen molar-refractivity contribution in [2.75, 3.05) is 5.73 Å². The molecule has 2 aliphatic rings. The first-order chi connectivity index (χ1) is 14.1. The molecule has 0 spiro atoms. The van der Waals surface area contributed by atoms with Crippen molar-refractivity contribution < 1.29 is 4.39 Å². The van der Waals surface area contributed by atoms with E-state index in [9.17, 15) is 9.18 Å². The molecule has 29 heavy (non-hydrogen) atoms. The maximum atomic E-state index is 13.3. The van der Waals surface area contributed by atoms with Crippen molar-refractivity contribution in [3.8, 4) is 5.69 Å². The maximum Gasteiger partial charge on any atom is 0.255 e. The van der Waals surface area contributed by atoms with E-state index in [4.69, 9.17) is 5.73 Å². The standard InChI is InChI=1S/C22H16FN5O/c23-19-6-4-16(12-26-19)28-21(29)8-3-15-11-25-18-5-1-13(9-17(18)22(15)28)14-2-7-20(24)27-10-14/h1-8,10-12,17H,9H2,(H2,24,27). The molecule has 4 heterocycles. The van der Waals surface area contributed by atoms with Crippen molar-refractivity contribution in [2.45, 2.75) is 12.3 Å². The molecule has 0 amide bonds. The first-order valence-corrected chi connectivity index (χ1v) is 9.15. The first kappa shape index (κ1) is 17.2. The van der Waals surface area contributed by atoms with Crippen LogP contribution >= 0.6 is 0 Å². The van der Waals surface area contributed by atoms with Crippen LogP contribution in [-0.2, 0) is 0 Å². The van der Waals surface area contributed by atoms with Crippen LogP contribution in [0.15, 0.2) is 76.4 Å². The van der Waals surface area contributed by atoms with E-state index in [1.54, 1.807) is 35.2 Å². The minimum Gasteiger partial charge on any atom is -0.384 e. The Hall–Kier alpha value is -3.87. The average Bonchev–Trinajstić information content (AvgIpc) is 2.74. The van der Waals surface area contributed by atoms with Gasteiger partial charge in [0.25, 0.3) is 5.56 Å². The number of hydrogen-bond acceptors (Lipinski definition) is 5. The van der Waals surface area contributed by atoms with Gasteiger partial charge in [0.1, 0.15) is 5.82 Å². The van der Waals surface area contributed by atoms with Crippen molar-refractivity contribution in [2.24, 2.45) is 4.99 Å². The summed E-state index contributed by atoms with van der Waals surface area (Å²) in [5.74, 6) is -0.245. The lowest BCUT2D eigenvalue weighted by atomic mass is 9.83. The largest absolute Gasteiger partial charge is 0.384 e. The number of halogens is 1. The average molecular weight is 385 g/mol.